The van der Waals surface area contributed by atoms with E-state index >= 15 is 0 Å². The average molecular weight is 478 g/mol. The minimum Gasteiger partial charge on any atom is -0.456 e. The lowest BCUT2D eigenvalue weighted by atomic mass is 9.95. The fraction of sp³-hybridized carbons (Fsp3) is 0.226. The van der Waals surface area contributed by atoms with Crippen LogP contribution >= 0.6 is 0 Å². The molecule has 180 valence electrons. The second-order valence-electron chi connectivity index (χ2n) is 9.47. The van der Waals surface area contributed by atoms with Crippen LogP contribution in [-0.4, -0.2) is 16.3 Å². The highest BCUT2D eigenvalue weighted by molar-refractivity contribution is 6.26. The first-order valence-electron chi connectivity index (χ1n) is 12.6. The Labute approximate surface area is 207 Å². The van der Waals surface area contributed by atoms with E-state index in [4.69, 9.17) is 4.42 Å². The van der Waals surface area contributed by atoms with Gasteiger partial charge in [-0.3, -0.25) is 14.2 Å². The first-order chi connectivity index (χ1) is 17.6. The molecule has 0 bridgehead atoms. The van der Waals surface area contributed by atoms with Crippen molar-refractivity contribution in [2.24, 2.45) is 0 Å². The number of rotatable bonds is 7. The van der Waals surface area contributed by atoms with Crippen LogP contribution in [0.5, 0.6) is 0 Å². The van der Waals surface area contributed by atoms with Crippen molar-refractivity contribution in [3.8, 4) is 11.1 Å². The largest absolute Gasteiger partial charge is 0.456 e. The van der Waals surface area contributed by atoms with E-state index in [2.05, 4.69) is 43.3 Å². The van der Waals surface area contributed by atoms with E-state index in [9.17, 15) is 14.7 Å². The third kappa shape index (κ3) is 3.50. The van der Waals surface area contributed by atoms with Crippen LogP contribution in [0.4, 0.5) is 0 Å². The highest BCUT2D eigenvalue weighted by atomic mass is 16.3. The second-order valence-corrected chi connectivity index (χ2v) is 9.47. The number of aryl methyl sites for hydroxylation is 1. The molecule has 0 aliphatic carbocycles. The summed E-state index contributed by atoms with van der Waals surface area (Å²) in [6.07, 6.45) is 3.81. The number of benzene rings is 4. The molecule has 0 atom stereocenters. The van der Waals surface area contributed by atoms with Gasteiger partial charge in [-0.1, -0.05) is 49.7 Å². The van der Waals surface area contributed by atoms with E-state index < -0.39 is 0 Å². The number of aliphatic hydroxyl groups is 1. The van der Waals surface area contributed by atoms with Crippen molar-refractivity contribution in [1.29, 1.82) is 0 Å². The molecule has 4 aromatic carbocycles. The monoisotopic (exact) mass is 477 g/mol. The molecule has 0 fully saturated rings. The van der Waals surface area contributed by atoms with E-state index in [1.807, 2.05) is 24.3 Å². The highest BCUT2D eigenvalue weighted by Gasteiger charge is 2.19. The number of nitrogens with zero attached hydrogens (tertiary/aromatic N) is 1. The lowest BCUT2D eigenvalue weighted by Gasteiger charge is -2.14. The predicted molar refractivity (Wildman–Crippen MR) is 146 cm³/mol. The summed E-state index contributed by atoms with van der Waals surface area (Å²) in [6.45, 7) is 2.32. The summed E-state index contributed by atoms with van der Waals surface area (Å²) >= 11 is 0. The van der Waals surface area contributed by atoms with Gasteiger partial charge in [-0.25, -0.2) is 0 Å². The molecule has 5 heteroatoms. The zero-order valence-corrected chi connectivity index (χ0v) is 20.2. The van der Waals surface area contributed by atoms with Crippen molar-refractivity contribution in [3.05, 3.63) is 93.0 Å². The molecule has 0 amide bonds. The van der Waals surface area contributed by atoms with Crippen LogP contribution in [0.15, 0.2) is 80.7 Å². The van der Waals surface area contributed by atoms with E-state index in [0.717, 1.165) is 39.3 Å². The van der Waals surface area contributed by atoms with Crippen molar-refractivity contribution in [2.45, 2.75) is 39.2 Å². The number of unbranched alkanes of at least 4 members (excludes halogenated alkanes) is 1. The second kappa shape index (κ2) is 8.92. The number of hydrogen-bond donors (Lipinski definition) is 1. The maximum Gasteiger partial charge on any atom is 0.261 e. The zero-order valence-electron chi connectivity index (χ0n) is 20.2. The summed E-state index contributed by atoms with van der Waals surface area (Å²) in [5.41, 5.74) is 4.32. The van der Waals surface area contributed by atoms with Crippen LogP contribution in [-0.2, 0) is 13.0 Å². The van der Waals surface area contributed by atoms with Crippen molar-refractivity contribution in [1.82, 2.24) is 4.57 Å². The fourth-order valence-electron chi connectivity index (χ4n) is 5.32. The summed E-state index contributed by atoms with van der Waals surface area (Å²) in [5, 5.41) is 13.5. The number of fused-ring (bicyclic) bond motifs is 2. The van der Waals surface area contributed by atoms with Crippen LogP contribution in [0.25, 0.3) is 54.6 Å². The summed E-state index contributed by atoms with van der Waals surface area (Å²) in [7, 11) is 0. The Morgan fingerprint density at radius 2 is 1.39 bits per heavy atom. The lowest BCUT2D eigenvalue weighted by molar-refractivity contribution is 0.278. The van der Waals surface area contributed by atoms with Crippen LogP contribution in [0, 0.1) is 0 Å². The van der Waals surface area contributed by atoms with Crippen LogP contribution in [0.2, 0.25) is 0 Å². The minimum atomic E-state index is -0.327. The van der Waals surface area contributed by atoms with Gasteiger partial charge in [0.15, 0.2) is 0 Å². The first kappa shape index (κ1) is 22.5. The molecule has 0 unspecified atom stereocenters. The standard InChI is InChI=1S/C31H27NO4/c1-2-3-5-19-6-8-20(9-7-19)21-10-14-26-25(18-21)22-11-12-23-28-24(13-15-27(36-26)29(22)28)31(35)32(30(23)34)16-4-17-33/h6-15,18,33H,2-5,16-17H2,1H3. The SMILES string of the molecule is CCCCc1ccc(-c2ccc3oc4ccc5c(=O)n(CCCO)c(=O)c6ccc(c3c2)c4c56)cc1. The molecule has 0 spiro atoms. The molecule has 5 nitrogen and oxygen atoms in total. The van der Waals surface area contributed by atoms with Gasteiger partial charge in [-0.2, -0.15) is 0 Å². The Morgan fingerprint density at radius 1 is 0.722 bits per heavy atom. The Bertz CT molecular complexity index is 1810. The number of aromatic nitrogens is 1. The number of aliphatic hydroxyl groups excluding tert-OH is 1. The Morgan fingerprint density at radius 3 is 2.11 bits per heavy atom. The first-order valence-corrected chi connectivity index (χ1v) is 12.6. The normalized spacial score (nSPS) is 11.9. The molecule has 6 aromatic rings. The van der Waals surface area contributed by atoms with Gasteiger partial charge in [0.1, 0.15) is 11.2 Å². The van der Waals surface area contributed by atoms with Gasteiger partial charge in [-0.15, -0.1) is 0 Å². The van der Waals surface area contributed by atoms with Gasteiger partial charge < -0.3 is 9.52 Å². The predicted octanol–water partition coefficient (Wildman–Crippen LogP) is 6.24. The van der Waals surface area contributed by atoms with Crippen molar-refractivity contribution >= 4 is 43.5 Å². The smallest absolute Gasteiger partial charge is 0.261 e. The molecule has 1 N–H and O–H groups in total. The zero-order chi connectivity index (χ0) is 24.8. The average Bonchev–Trinajstić information content (AvgIpc) is 2.91. The van der Waals surface area contributed by atoms with Gasteiger partial charge in [-0.05, 0) is 71.7 Å². The van der Waals surface area contributed by atoms with Crippen molar-refractivity contribution < 1.29 is 9.52 Å². The summed E-state index contributed by atoms with van der Waals surface area (Å²) in [4.78, 5) is 26.4. The van der Waals surface area contributed by atoms with Crippen LogP contribution < -0.4 is 11.1 Å². The Kier molecular flexibility index (Phi) is 5.57. The molecule has 0 aliphatic rings. The number of pyridine rings is 1. The molecule has 36 heavy (non-hydrogen) atoms. The highest BCUT2D eigenvalue weighted by Crippen LogP contribution is 2.38. The van der Waals surface area contributed by atoms with Gasteiger partial charge in [0.2, 0.25) is 0 Å². The van der Waals surface area contributed by atoms with E-state index in [1.54, 1.807) is 6.07 Å². The number of hydrogen-bond acceptors (Lipinski definition) is 4. The third-order valence-corrected chi connectivity index (χ3v) is 7.21. The third-order valence-electron chi connectivity index (χ3n) is 7.21. The maximum absolute atomic E-state index is 13.2. The summed E-state index contributed by atoms with van der Waals surface area (Å²) in [6, 6.07) is 22.2. The van der Waals surface area contributed by atoms with Gasteiger partial charge >= 0.3 is 0 Å². The molecular formula is C31H27NO4. The van der Waals surface area contributed by atoms with E-state index in [0.29, 0.717) is 28.2 Å². The lowest BCUT2D eigenvalue weighted by Crippen LogP contribution is -2.33. The van der Waals surface area contributed by atoms with Crippen molar-refractivity contribution in [3.63, 3.8) is 0 Å². The quantitative estimate of drug-likeness (QED) is 0.218. The van der Waals surface area contributed by atoms with E-state index in [1.165, 1.54) is 23.0 Å². The molecule has 0 saturated carbocycles. The van der Waals surface area contributed by atoms with Gasteiger partial charge in [0.05, 0.1) is 0 Å². The molecule has 6 rings (SSSR count). The Balaban J connectivity index is 1.58. The minimum absolute atomic E-state index is 0.0778. The fourth-order valence-corrected chi connectivity index (χ4v) is 5.32. The molecular weight excluding hydrogens is 450 g/mol. The summed E-state index contributed by atoms with van der Waals surface area (Å²) < 4.78 is 7.51. The van der Waals surface area contributed by atoms with Crippen molar-refractivity contribution in [2.75, 3.05) is 6.61 Å². The molecule has 0 saturated heterocycles. The molecule has 0 radical (unpaired) electrons. The van der Waals surface area contributed by atoms with Gasteiger partial charge in [0.25, 0.3) is 11.1 Å². The molecule has 2 heterocycles. The van der Waals surface area contributed by atoms with Crippen LogP contribution in [0.1, 0.15) is 31.7 Å². The molecule has 2 aromatic heterocycles. The topological polar surface area (TPSA) is 72.4 Å². The maximum atomic E-state index is 13.2. The van der Waals surface area contributed by atoms with Crippen LogP contribution in [0.3, 0.4) is 0 Å². The Hall–Kier alpha value is -3.96. The molecule has 0 aliphatic heterocycles. The van der Waals surface area contributed by atoms with Gasteiger partial charge in [0, 0.05) is 40.1 Å². The van der Waals surface area contributed by atoms with E-state index in [-0.39, 0.29) is 24.3 Å². The summed E-state index contributed by atoms with van der Waals surface area (Å²) in [5.74, 6) is 0.